The predicted molar refractivity (Wildman–Crippen MR) is 92.8 cm³/mol. The van der Waals surface area contributed by atoms with Gasteiger partial charge in [-0.15, -0.1) is 0 Å². The topological polar surface area (TPSA) is 55.8 Å². The van der Waals surface area contributed by atoms with E-state index < -0.39 is 6.10 Å². The van der Waals surface area contributed by atoms with Crippen LogP contribution in [-0.4, -0.2) is 30.7 Å². The van der Waals surface area contributed by atoms with E-state index in [1.807, 2.05) is 60.7 Å². The molecule has 1 atom stereocenters. The molecule has 0 aromatic heterocycles. The number of fused-ring (bicyclic) bond motifs is 1. The van der Waals surface area contributed by atoms with E-state index in [0.29, 0.717) is 17.1 Å². The molecule has 0 aliphatic carbocycles. The molecule has 122 valence electrons. The zero-order valence-corrected chi connectivity index (χ0v) is 13.1. The zero-order valence-electron chi connectivity index (χ0n) is 13.1. The lowest BCUT2D eigenvalue weighted by Gasteiger charge is -2.15. The summed E-state index contributed by atoms with van der Waals surface area (Å²) in [5.41, 5.74) is 0.490. The van der Waals surface area contributed by atoms with Gasteiger partial charge in [0.2, 0.25) is 0 Å². The first-order chi connectivity index (χ1) is 11.8. The highest BCUT2D eigenvalue weighted by atomic mass is 16.5. The van der Waals surface area contributed by atoms with Gasteiger partial charge in [-0.2, -0.15) is 0 Å². The van der Waals surface area contributed by atoms with Crippen LogP contribution in [0.25, 0.3) is 10.8 Å². The molecule has 0 aliphatic heterocycles. The Morgan fingerprint density at radius 2 is 1.58 bits per heavy atom. The van der Waals surface area contributed by atoms with Crippen LogP contribution in [0.3, 0.4) is 0 Å². The van der Waals surface area contributed by atoms with E-state index in [1.165, 1.54) is 0 Å². The molecule has 4 heteroatoms. The second kappa shape index (κ2) is 7.62. The Hall–Kier alpha value is -2.85. The van der Waals surface area contributed by atoms with Gasteiger partial charge in [0.15, 0.2) is 6.29 Å². The number of ether oxygens (including phenoxy) is 2. The molecule has 0 bridgehead atoms. The highest BCUT2D eigenvalue weighted by Crippen LogP contribution is 2.26. The summed E-state index contributed by atoms with van der Waals surface area (Å²) in [6, 6.07) is 20.5. The molecule has 0 aliphatic rings. The van der Waals surface area contributed by atoms with Gasteiger partial charge in [0.05, 0.1) is 5.56 Å². The predicted octanol–water partition coefficient (Wildman–Crippen LogP) is 3.47. The van der Waals surface area contributed by atoms with Crippen LogP contribution in [0, 0.1) is 0 Å². The van der Waals surface area contributed by atoms with Crippen molar-refractivity contribution in [3.05, 3.63) is 72.3 Å². The first-order valence-corrected chi connectivity index (χ1v) is 7.73. The second-order valence-corrected chi connectivity index (χ2v) is 5.41. The number of aldehydes is 1. The van der Waals surface area contributed by atoms with E-state index in [0.717, 1.165) is 17.1 Å². The van der Waals surface area contributed by atoms with Crippen LogP contribution >= 0.6 is 0 Å². The Morgan fingerprint density at radius 1 is 0.875 bits per heavy atom. The average molecular weight is 322 g/mol. The van der Waals surface area contributed by atoms with Crippen LogP contribution in [0.1, 0.15) is 10.4 Å². The fourth-order valence-corrected chi connectivity index (χ4v) is 2.47. The van der Waals surface area contributed by atoms with Gasteiger partial charge in [-0.05, 0) is 29.0 Å². The highest BCUT2D eigenvalue weighted by Gasteiger charge is 2.11. The fraction of sp³-hybridized carbons (Fsp3) is 0.150. The van der Waals surface area contributed by atoms with E-state index in [9.17, 15) is 9.90 Å². The van der Waals surface area contributed by atoms with Gasteiger partial charge >= 0.3 is 0 Å². The smallest absolute Gasteiger partial charge is 0.154 e. The summed E-state index contributed by atoms with van der Waals surface area (Å²) in [5.74, 6) is 1.15. The Labute approximate surface area is 140 Å². The molecule has 3 rings (SSSR count). The van der Waals surface area contributed by atoms with Crippen molar-refractivity contribution in [2.24, 2.45) is 0 Å². The lowest BCUT2D eigenvalue weighted by atomic mass is 10.0. The van der Waals surface area contributed by atoms with Gasteiger partial charge in [0, 0.05) is 0 Å². The summed E-state index contributed by atoms with van der Waals surface area (Å²) >= 11 is 0. The summed E-state index contributed by atoms with van der Waals surface area (Å²) < 4.78 is 11.1. The van der Waals surface area contributed by atoms with Gasteiger partial charge in [-0.3, -0.25) is 4.79 Å². The van der Waals surface area contributed by atoms with Crippen molar-refractivity contribution in [1.82, 2.24) is 0 Å². The number of benzene rings is 3. The van der Waals surface area contributed by atoms with E-state index >= 15 is 0 Å². The van der Waals surface area contributed by atoms with Gasteiger partial charge in [0.1, 0.15) is 30.8 Å². The van der Waals surface area contributed by atoms with Crippen molar-refractivity contribution < 1.29 is 19.4 Å². The van der Waals surface area contributed by atoms with Crippen LogP contribution in [0.15, 0.2) is 66.7 Å². The van der Waals surface area contributed by atoms with Crippen LogP contribution in [-0.2, 0) is 0 Å². The highest BCUT2D eigenvalue weighted by molar-refractivity contribution is 6.00. The lowest BCUT2D eigenvalue weighted by molar-refractivity contribution is 0.0623. The van der Waals surface area contributed by atoms with E-state index in [1.54, 1.807) is 6.07 Å². The molecular weight excluding hydrogens is 304 g/mol. The normalized spacial score (nSPS) is 11.9. The van der Waals surface area contributed by atoms with E-state index in [4.69, 9.17) is 9.47 Å². The number of carbonyl (C=O) groups is 1. The number of aliphatic hydroxyl groups excluding tert-OH is 1. The largest absolute Gasteiger partial charge is 0.491 e. The van der Waals surface area contributed by atoms with Crippen molar-refractivity contribution in [1.29, 1.82) is 0 Å². The molecule has 4 nitrogen and oxygen atoms in total. The maximum Gasteiger partial charge on any atom is 0.154 e. The number of rotatable bonds is 7. The van der Waals surface area contributed by atoms with Gasteiger partial charge in [0.25, 0.3) is 0 Å². The SMILES string of the molecule is O=Cc1c(OCC(O)COc2ccccc2)ccc2ccccc12. The van der Waals surface area contributed by atoms with Gasteiger partial charge in [-0.1, -0.05) is 48.5 Å². The molecular formula is C20H18O4. The quantitative estimate of drug-likeness (QED) is 0.677. The lowest BCUT2D eigenvalue weighted by Crippen LogP contribution is -2.25. The van der Waals surface area contributed by atoms with Crippen molar-refractivity contribution in [3.63, 3.8) is 0 Å². The molecule has 3 aromatic rings. The van der Waals surface area contributed by atoms with Crippen LogP contribution in [0.4, 0.5) is 0 Å². The minimum Gasteiger partial charge on any atom is -0.491 e. The molecule has 3 aromatic carbocycles. The number of carbonyl (C=O) groups excluding carboxylic acids is 1. The zero-order chi connectivity index (χ0) is 16.8. The third-order valence-corrected chi connectivity index (χ3v) is 3.67. The monoisotopic (exact) mass is 322 g/mol. The van der Waals surface area contributed by atoms with Gasteiger partial charge in [-0.25, -0.2) is 0 Å². The Morgan fingerprint density at radius 3 is 2.38 bits per heavy atom. The summed E-state index contributed by atoms with van der Waals surface area (Å²) in [7, 11) is 0. The number of hydrogen-bond donors (Lipinski definition) is 1. The molecule has 0 heterocycles. The first-order valence-electron chi connectivity index (χ1n) is 7.73. The summed E-state index contributed by atoms with van der Waals surface area (Å²) in [4.78, 5) is 11.4. The first kappa shape index (κ1) is 16.0. The molecule has 0 spiro atoms. The molecule has 0 saturated carbocycles. The maximum absolute atomic E-state index is 11.4. The number of hydrogen-bond acceptors (Lipinski definition) is 4. The van der Waals surface area contributed by atoms with Crippen LogP contribution in [0.2, 0.25) is 0 Å². The summed E-state index contributed by atoms with van der Waals surface area (Å²) in [6.45, 7) is 0.167. The standard InChI is InChI=1S/C20H18O4/c21-12-19-18-9-5-4-6-15(18)10-11-20(19)24-14-16(22)13-23-17-7-2-1-3-8-17/h1-12,16,22H,13-14H2. The Balaban J connectivity index is 1.63. The number of aliphatic hydroxyl groups is 1. The molecule has 24 heavy (non-hydrogen) atoms. The van der Waals surface area contributed by atoms with Crippen molar-refractivity contribution in [2.45, 2.75) is 6.10 Å². The van der Waals surface area contributed by atoms with Crippen molar-refractivity contribution >= 4 is 17.1 Å². The molecule has 0 amide bonds. The summed E-state index contributed by atoms with van der Waals surface area (Å²) in [5, 5.41) is 11.8. The van der Waals surface area contributed by atoms with Gasteiger partial charge < -0.3 is 14.6 Å². The second-order valence-electron chi connectivity index (χ2n) is 5.41. The molecule has 1 unspecified atom stereocenters. The van der Waals surface area contributed by atoms with E-state index in [-0.39, 0.29) is 13.2 Å². The minimum atomic E-state index is -0.795. The molecule has 0 radical (unpaired) electrons. The average Bonchev–Trinajstić information content (AvgIpc) is 2.65. The third-order valence-electron chi connectivity index (χ3n) is 3.67. The summed E-state index contributed by atoms with van der Waals surface area (Å²) in [6.07, 6.45) is -0.0129. The van der Waals surface area contributed by atoms with Crippen molar-refractivity contribution in [3.8, 4) is 11.5 Å². The Kier molecular flexibility index (Phi) is 5.08. The fourth-order valence-electron chi connectivity index (χ4n) is 2.47. The minimum absolute atomic E-state index is 0.0476. The number of para-hydroxylation sites is 1. The molecule has 1 N–H and O–H groups in total. The third kappa shape index (κ3) is 3.73. The van der Waals surface area contributed by atoms with Crippen LogP contribution in [0.5, 0.6) is 11.5 Å². The molecule has 0 saturated heterocycles. The van der Waals surface area contributed by atoms with Crippen LogP contribution < -0.4 is 9.47 Å². The Bertz CT molecular complexity index is 814. The van der Waals surface area contributed by atoms with E-state index in [2.05, 4.69) is 0 Å². The molecule has 0 fully saturated rings. The van der Waals surface area contributed by atoms with Crippen molar-refractivity contribution in [2.75, 3.05) is 13.2 Å². The maximum atomic E-state index is 11.4.